The van der Waals surface area contributed by atoms with E-state index in [9.17, 15) is 43.5 Å². The molecule has 0 radical (unpaired) electrons. The molecule has 14 N–H and O–H groups in total. The molecule has 1 aliphatic rings. The Labute approximate surface area is 323 Å². The quantitative estimate of drug-likeness (QED) is 0.0429. The maximum absolute atomic E-state index is 13.8. The van der Waals surface area contributed by atoms with E-state index in [2.05, 4.69) is 26.6 Å². The molecule has 19 heteroatoms. The second-order valence-electron chi connectivity index (χ2n) is 15.1. The first-order valence-corrected chi connectivity index (χ1v) is 19.3. The lowest BCUT2D eigenvalue weighted by Crippen LogP contribution is -2.60. The normalized spacial score (nSPS) is 17.3. The van der Waals surface area contributed by atoms with Gasteiger partial charge in [0.05, 0.1) is 12.5 Å². The van der Waals surface area contributed by atoms with Crippen LogP contribution in [0.1, 0.15) is 105 Å². The van der Waals surface area contributed by atoms with Crippen LogP contribution in [0.5, 0.6) is 0 Å². The van der Waals surface area contributed by atoms with Crippen LogP contribution in [0.4, 0.5) is 0 Å². The van der Waals surface area contributed by atoms with Gasteiger partial charge in [0.1, 0.15) is 36.3 Å². The van der Waals surface area contributed by atoms with Crippen LogP contribution in [-0.2, 0) is 38.4 Å². The fraction of sp³-hybridized carbons (Fsp3) is 0.778. The molecule has 1 fully saturated rings. The average molecular weight is 783 g/mol. The SMILES string of the molecule is CC(C)C[C@H](NC(=O)[C@H](C)N)C(=O)N[C@@H](CCCCN)C(=O)N[C@@H](CC(N)=O)C(=O)N[C@@H](CCCCN)C(=O)N[C@@H](CC(C)C)C(=O)N1CCC[C@H]1C(=O)O. The van der Waals surface area contributed by atoms with Crippen molar-refractivity contribution in [2.75, 3.05) is 19.6 Å². The number of carboxylic acids is 1. The summed E-state index contributed by atoms with van der Waals surface area (Å²) in [6.45, 7) is 9.69. The second-order valence-corrected chi connectivity index (χ2v) is 15.1. The first-order valence-electron chi connectivity index (χ1n) is 19.3. The van der Waals surface area contributed by atoms with Gasteiger partial charge in [-0.3, -0.25) is 33.6 Å². The standard InChI is InChI=1S/C36H66N10O9/c1-20(2)17-25(43-30(48)22(5)39)33(51)41-23(11-6-8-14-37)31(49)44-26(19-29(40)47)34(52)42-24(12-7-9-15-38)32(50)45-27(18-21(3)4)35(53)46-16-10-13-28(46)36(54)55/h20-28H,6-19,37-39H2,1-5H3,(H2,40,47)(H,41,51)(H,42,52)(H,43,48)(H,44,49)(H,45,50)(H,54,55)/t22-,23-,24-,25-,26-,27-,28-/m0/s1. The Kier molecular flexibility index (Phi) is 22.1. The van der Waals surface area contributed by atoms with E-state index in [1.165, 1.54) is 11.8 Å². The van der Waals surface area contributed by atoms with Crippen LogP contribution in [0.2, 0.25) is 0 Å². The van der Waals surface area contributed by atoms with Crippen molar-refractivity contribution in [3.05, 3.63) is 0 Å². The Hall–Kier alpha value is -4.36. The van der Waals surface area contributed by atoms with Crippen molar-refractivity contribution in [3.63, 3.8) is 0 Å². The highest BCUT2D eigenvalue weighted by Crippen LogP contribution is 2.21. The van der Waals surface area contributed by atoms with Crippen molar-refractivity contribution in [1.29, 1.82) is 0 Å². The molecule has 55 heavy (non-hydrogen) atoms. The first-order chi connectivity index (χ1) is 25.8. The number of nitrogens with two attached hydrogens (primary N) is 4. The molecule has 0 unspecified atom stereocenters. The van der Waals surface area contributed by atoms with Crippen molar-refractivity contribution in [1.82, 2.24) is 31.5 Å². The molecule has 7 amide bonds. The maximum atomic E-state index is 13.8. The Morgan fingerprint density at radius 1 is 0.636 bits per heavy atom. The summed E-state index contributed by atoms with van der Waals surface area (Å²) in [5.41, 5.74) is 22.5. The third kappa shape index (κ3) is 17.8. The van der Waals surface area contributed by atoms with Crippen LogP contribution in [0.15, 0.2) is 0 Å². The van der Waals surface area contributed by atoms with Gasteiger partial charge in [-0.1, -0.05) is 27.7 Å². The molecule has 314 valence electrons. The van der Waals surface area contributed by atoms with E-state index in [-0.39, 0.29) is 50.5 Å². The number of aliphatic carboxylic acids is 1. The number of carbonyl (C=O) groups excluding carboxylic acids is 7. The molecule has 0 saturated carbocycles. The summed E-state index contributed by atoms with van der Waals surface area (Å²) >= 11 is 0. The molecule has 7 atom stereocenters. The van der Waals surface area contributed by atoms with Crippen molar-refractivity contribution in [2.24, 2.45) is 34.8 Å². The average Bonchev–Trinajstić information content (AvgIpc) is 3.59. The number of hydrogen-bond donors (Lipinski definition) is 10. The highest BCUT2D eigenvalue weighted by atomic mass is 16.4. The summed E-state index contributed by atoms with van der Waals surface area (Å²) in [7, 11) is 0. The lowest BCUT2D eigenvalue weighted by Gasteiger charge is -2.30. The molecule has 1 aliphatic heterocycles. The minimum atomic E-state index is -1.57. The molecular formula is C36H66N10O9. The zero-order valence-corrected chi connectivity index (χ0v) is 33.1. The van der Waals surface area contributed by atoms with E-state index in [4.69, 9.17) is 22.9 Å². The van der Waals surface area contributed by atoms with E-state index in [1.807, 2.05) is 27.7 Å². The fourth-order valence-corrected chi connectivity index (χ4v) is 6.21. The number of amides is 7. The van der Waals surface area contributed by atoms with Crippen LogP contribution in [0.25, 0.3) is 0 Å². The lowest BCUT2D eigenvalue weighted by molar-refractivity contribution is -0.149. The maximum Gasteiger partial charge on any atom is 0.326 e. The van der Waals surface area contributed by atoms with Crippen LogP contribution >= 0.6 is 0 Å². The summed E-state index contributed by atoms with van der Waals surface area (Å²) in [6.07, 6.45) is 2.56. The van der Waals surface area contributed by atoms with Crippen molar-refractivity contribution < 1.29 is 43.5 Å². The highest BCUT2D eigenvalue weighted by Gasteiger charge is 2.39. The van der Waals surface area contributed by atoms with Gasteiger partial charge in [0.15, 0.2) is 0 Å². The number of rotatable bonds is 26. The summed E-state index contributed by atoms with van der Waals surface area (Å²) in [5.74, 6) is -6.40. The number of carboxylic acid groups (broad SMARTS) is 1. The molecule has 0 aliphatic carbocycles. The summed E-state index contributed by atoms with van der Waals surface area (Å²) in [5, 5.41) is 22.7. The lowest BCUT2D eigenvalue weighted by atomic mass is 10.0. The predicted molar refractivity (Wildman–Crippen MR) is 204 cm³/mol. The molecule has 0 aromatic carbocycles. The minimum Gasteiger partial charge on any atom is -0.480 e. The molecule has 1 saturated heterocycles. The fourth-order valence-electron chi connectivity index (χ4n) is 6.21. The smallest absolute Gasteiger partial charge is 0.326 e. The van der Waals surface area contributed by atoms with Gasteiger partial charge in [-0.25, -0.2) is 4.79 Å². The summed E-state index contributed by atoms with van der Waals surface area (Å²) in [4.78, 5) is 106. The zero-order chi connectivity index (χ0) is 41.8. The zero-order valence-electron chi connectivity index (χ0n) is 33.1. The van der Waals surface area contributed by atoms with Crippen LogP contribution in [0, 0.1) is 11.8 Å². The second kappa shape index (κ2) is 24.9. The number of carbonyl (C=O) groups is 8. The number of nitrogens with zero attached hydrogens (tertiary/aromatic N) is 1. The van der Waals surface area contributed by atoms with E-state index in [0.29, 0.717) is 45.2 Å². The van der Waals surface area contributed by atoms with Gasteiger partial charge in [0, 0.05) is 6.54 Å². The van der Waals surface area contributed by atoms with Crippen molar-refractivity contribution >= 4 is 47.3 Å². The minimum absolute atomic E-state index is 0.0204. The Bertz CT molecular complexity index is 1310. The first kappa shape index (κ1) is 48.7. The van der Waals surface area contributed by atoms with Gasteiger partial charge in [0.2, 0.25) is 41.4 Å². The van der Waals surface area contributed by atoms with Gasteiger partial charge in [0.25, 0.3) is 0 Å². The van der Waals surface area contributed by atoms with E-state index in [1.54, 1.807) is 0 Å². The number of unbranched alkanes of at least 4 members (excludes halogenated alkanes) is 2. The highest BCUT2D eigenvalue weighted by molar-refractivity contribution is 5.98. The van der Waals surface area contributed by atoms with Crippen molar-refractivity contribution in [2.45, 2.75) is 148 Å². The molecular weight excluding hydrogens is 716 g/mol. The summed E-state index contributed by atoms with van der Waals surface area (Å²) < 4.78 is 0. The number of primary amides is 1. The Morgan fingerprint density at radius 3 is 1.49 bits per heavy atom. The third-order valence-corrected chi connectivity index (χ3v) is 9.09. The number of likely N-dealkylation sites (tertiary alicyclic amines) is 1. The van der Waals surface area contributed by atoms with E-state index >= 15 is 0 Å². The molecule has 0 spiro atoms. The number of nitrogens with one attached hydrogen (secondary N) is 5. The van der Waals surface area contributed by atoms with Crippen LogP contribution < -0.4 is 49.5 Å². The monoisotopic (exact) mass is 783 g/mol. The topological polar surface area (TPSA) is 324 Å². The predicted octanol–water partition coefficient (Wildman–Crippen LogP) is -1.94. The molecule has 0 aromatic heterocycles. The molecule has 0 bridgehead atoms. The van der Waals surface area contributed by atoms with E-state index < -0.39 is 96.0 Å². The number of hydrogen-bond acceptors (Lipinski definition) is 11. The van der Waals surface area contributed by atoms with Gasteiger partial charge < -0.3 is 59.5 Å². The van der Waals surface area contributed by atoms with Crippen molar-refractivity contribution in [3.8, 4) is 0 Å². The third-order valence-electron chi connectivity index (χ3n) is 9.09. The Balaban J connectivity index is 3.34. The Morgan fingerprint density at radius 2 is 1.05 bits per heavy atom. The van der Waals surface area contributed by atoms with E-state index in [0.717, 1.165) is 0 Å². The van der Waals surface area contributed by atoms with Crippen LogP contribution in [-0.4, -0.2) is 119 Å². The summed E-state index contributed by atoms with van der Waals surface area (Å²) in [6, 6.07) is -8.04. The molecule has 1 heterocycles. The van der Waals surface area contributed by atoms with Gasteiger partial charge in [-0.15, -0.1) is 0 Å². The largest absolute Gasteiger partial charge is 0.480 e. The molecule has 1 rings (SSSR count). The molecule has 19 nitrogen and oxygen atoms in total. The van der Waals surface area contributed by atoms with Gasteiger partial charge in [-0.05, 0) is 96.1 Å². The molecule has 0 aromatic rings. The van der Waals surface area contributed by atoms with Gasteiger partial charge >= 0.3 is 5.97 Å². The van der Waals surface area contributed by atoms with Crippen LogP contribution in [0.3, 0.4) is 0 Å². The van der Waals surface area contributed by atoms with Gasteiger partial charge in [-0.2, -0.15) is 0 Å².